The summed E-state index contributed by atoms with van der Waals surface area (Å²) in [6.07, 6.45) is 0. The van der Waals surface area contributed by atoms with Crippen molar-refractivity contribution in [1.29, 1.82) is 10.5 Å². The third kappa shape index (κ3) is 4.29. The Morgan fingerprint density at radius 2 is 0.750 bits per heavy atom. The van der Waals surface area contributed by atoms with Crippen LogP contribution < -0.4 is 0 Å². The zero-order chi connectivity index (χ0) is 32.2. The minimum absolute atomic E-state index is 0.650. The highest BCUT2D eigenvalue weighted by molar-refractivity contribution is 6.11. The van der Waals surface area contributed by atoms with Crippen molar-refractivity contribution in [3.05, 3.63) is 169 Å². The molecule has 0 aliphatic heterocycles. The molecule has 9 rings (SSSR count). The highest BCUT2D eigenvalue weighted by Gasteiger charge is 2.15. The monoisotopic (exact) mass is 610 g/mol. The summed E-state index contributed by atoms with van der Waals surface area (Å²) in [7, 11) is 0. The molecule has 0 amide bonds. The summed E-state index contributed by atoms with van der Waals surface area (Å²) in [6.45, 7) is 0. The summed E-state index contributed by atoms with van der Waals surface area (Å²) < 4.78 is 4.55. The third-order valence-corrected chi connectivity index (χ3v) is 9.41. The van der Waals surface area contributed by atoms with Gasteiger partial charge in [0.05, 0.1) is 45.3 Å². The van der Waals surface area contributed by atoms with E-state index in [0.717, 1.165) is 55.7 Å². The first-order valence-corrected chi connectivity index (χ1v) is 15.9. The number of fused-ring (bicyclic) bond motifs is 6. The second-order valence-corrected chi connectivity index (χ2v) is 12.1. The Morgan fingerprint density at radius 1 is 0.333 bits per heavy atom. The van der Waals surface area contributed by atoms with E-state index in [2.05, 4.69) is 130 Å². The summed E-state index contributed by atoms with van der Waals surface area (Å²) in [6, 6.07) is 59.2. The highest BCUT2D eigenvalue weighted by atomic mass is 15.0. The lowest BCUT2D eigenvalue weighted by molar-refractivity contribution is 1.18. The van der Waals surface area contributed by atoms with Crippen molar-refractivity contribution in [1.82, 2.24) is 9.13 Å². The minimum atomic E-state index is 0.650. The Bertz CT molecular complexity index is 2770. The maximum absolute atomic E-state index is 9.34. The second-order valence-electron chi connectivity index (χ2n) is 12.1. The molecule has 4 heteroatoms. The van der Waals surface area contributed by atoms with Crippen LogP contribution in [0.5, 0.6) is 0 Å². The molecule has 48 heavy (non-hydrogen) atoms. The first kappa shape index (κ1) is 27.4. The molecular weight excluding hydrogens is 585 g/mol. The third-order valence-electron chi connectivity index (χ3n) is 9.41. The average Bonchev–Trinajstić information content (AvgIpc) is 3.67. The SMILES string of the molecule is N#Cc1ccc(-n2c3ccccc3c3cc(-c4ccc(-c5ccc6c7ccccc7n(-c7ccc(C#N)cc7)c6c5)cc4)ccc32)cc1. The normalized spacial score (nSPS) is 11.3. The smallest absolute Gasteiger partial charge is 0.0991 e. The summed E-state index contributed by atoms with van der Waals surface area (Å²) in [5.74, 6) is 0. The van der Waals surface area contributed by atoms with E-state index in [-0.39, 0.29) is 0 Å². The van der Waals surface area contributed by atoms with Gasteiger partial charge in [-0.15, -0.1) is 0 Å². The molecule has 7 aromatic carbocycles. The Kier molecular flexibility index (Phi) is 6.22. The number of hydrogen-bond acceptors (Lipinski definition) is 2. The van der Waals surface area contributed by atoms with Gasteiger partial charge in [0, 0.05) is 32.9 Å². The Morgan fingerprint density at radius 3 is 1.31 bits per heavy atom. The minimum Gasteiger partial charge on any atom is -0.309 e. The molecule has 0 saturated heterocycles. The fourth-order valence-corrected chi connectivity index (χ4v) is 7.08. The molecule has 0 unspecified atom stereocenters. The van der Waals surface area contributed by atoms with E-state index in [0.29, 0.717) is 11.1 Å². The van der Waals surface area contributed by atoms with Gasteiger partial charge in [0.25, 0.3) is 0 Å². The zero-order valence-corrected chi connectivity index (χ0v) is 25.8. The fraction of sp³-hybridized carbons (Fsp3) is 0. The number of hydrogen-bond donors (Lipinski definition) is 0. The van der Waals surface area contributed by atoms with Gasteiger partial charge in [-0.2, -0.15) is 10.5 Å². The molecule has 0 saturated carbocycles. The molecule has 0 spiro atoms. The highest BCUT2D eigenvalue weighted by Crippen LogP contribution is 2.37. The summed E-state index contributed by atoms with van der Waals surface area (Å²) in [5, 5.41) is 23.4. The van der Waals surface area contributed by atoms with Crippen LogP contribution in [-0.2, 0) is 0 Å². The lowest BCUT2D eigenvalue weighted by atomic mass is 9.98. The van der Waals surface area contributed by atoms with E-state index < -0.39 is 0 Å². The van der Waals surface area contributed by atoms with Crippen molar-refractivity contribution in [3.8, 4) is 45.8 Å². The number of nitrogens with zero attached hydrogens (tertiary/aromatic N) is 4. The van der Waals surface area contributed by atoms with E-state index in [9.17, 15) is 10.5 Å². The molecule has 0 atom stereocenters. The van der Waals surface area contributed by atoms with Crippen LogP contribution in [0.4, 0.5) is 0 Å². The maximum atomic E-state index is 9.34. The molecule has 0 aliphatic rings. The van der Waals surface area contributed by atoms with Crippen molar-refractivity contribution in [3.63, 3.8) is 0 Å². The average molecular weight is 611 g/mol. The standard InChI is InChI=1S/C44H26N4/c45-27-29-9-19-35(20-10-29)47-42-8-4-2-6-38(42)40-25-33(18-24-43(40)47)31-13-15-32(16-14-31)34-17-23-39-37-5-1-3-7-41(37)48(44(39)26-34)36-21-11-30(28-46)12-22-36/h1-26H. The van der Waals surface area contributed by atoms with Crippen LogP contribution in [0.2, 0.25) is 0 Å². The molecule has 9 aromatic rings. The zero-order valence-electron chi connectivity index (χ0n) is 25.8. The van der Waals surface area contributed by atoms with Gasteiger partial charge >= 0.3 is 0 Å². The molecule has 0 N–H and O–H groups in total. The second kappa shape index (κ2) is 10.9. The first-order valence-electron chi connectivity index (χ1n) is 15.9. The molecular formula is C44H26N4. The Balaban J connectivity index is 1.12. The molecule has 2 heterocycles. The van der Waals surface area contributed by atoms with Crippen molar-refractivity contribution in [2.24, 2.45) is 0 Å². The Labute approximate surface area is 277 Å². The number of rotatable bonds is 4. The maximum Gasteiger partial charge on any atom is 0.0991 e. The van der Waals surface area contributed by atoms with Gasteiger partial charge in [-0.3, -0.25) is 0 Å². The van der Waals surface area contributed by atoms with Gasteiger partial charge in [0.15, 0.2) is 0 Å². The lowest BCUT2D eigenvalue weighted by Crippen LogP contribution is -1.94. The van der Waals surface area contributed by atoms with Gasteiger partial charge < -0.3 is 9.13 Å². The van der Waals surface area contributed by atoms with Crippen LogP contribution >= 0.6 is 0 Å². The number of para-hydroxylation sites is 2. The summed E-state index contributed by atoms with van der Waals surface area (Å²) in [4.78, 5) is 0. The molecule has 2 aromatic heterocycles. The first-order chi connectivity index (χ1) is 23.7. The molecule has 4 nitrogen and oxygen atoms in total. The molecule has 222 valence electrons. The van der Waals surface area contributed by atoms with Crippen molar-refractivity contribution in [2.45, 2.75) is 0 Å². The van der Waals surface area contributed by atoms with Crippen LogP contribution in [0.15, 0.2) is 158 Å². The predicted octanol–water partition coefficient (Wildman–Crippen LogP) is 11.0. The van der Waals surface area contributed by atoms with Gasteiger partial charge in [-0.1, -0.05) is 78.9 Å². The van der Waals surface area contributed by atoms with Gasteiger partial charge in [0.2, 0.25) is 0 Å². The van der Waals surface area contributed by atoms with E-state index in [1.807, 2.05) is 48.5 Å². The van der Waals surface area contributed by atoms with Crippen LogP contribution in [0.1, 0.15) is 11.1 Å². The van der Waals surface area contributed by atoms with Crippen molar-refractivity contribution < 1.29 is 0 Å². The summed E-state index contributed by atoms with van der Waals surface area (Å²) in [5.41, 5.74) is 12.5. The fourth-order valence-electron chi connectivity index (χ4n) is 7.08. The number of aromatic nitrogens is 2. The predicted molar refractivity (Wildman–Crippen MR) is 195 cm³/mol. The van der Waals surface area contributed by atoms with Gasteiger partial charge in [-0.25, -0.2) is 0 Å². The quantitative estimate of drug-likeness (QED) is 0.199. The largest absolute Gasteiger partial charge is 0.309 e. The van der Waals surface area contributed by atoms with Crippen LogP contribution in [-0.4, -0.2) is 9.13 Å². The van der Waals surface area contributed by atoms with Crippen LogP contribution in [0.3, 0.4) is 0 Å². The number of nitriles is 2. The molecule has 0 bridgehead atoms. The van der Waals surface area contributed by atoms with Crippen molar-refractivity contribution in [2.75, 3.05) is 0 Å². The van der Waals surface area contributed by atoms with Gasteiger partial charge in [0.1, 0.15) is 0 Å². The molecule has 0 fully saturated rings. The van der Waals surface area contributed by atoms with E-state index in [1.165, 1.54) is 21.5 Å². The molecule has 0 radical (unpaired) electrons. The van der Waals surface area contributed by atoms with Crippen molar-refractivity contribution >= 4 is 43.6 Å². The van der Waals surface area contributed by atoms with E-state index in [1.54, 1.807) is 0 Å². The van der Waals surface area contributed by atoms with Crippen LogP contribution in [0.25, 0.3) is 77.2 Å². The van der Waals surface area contributed by atoms with Gasteiger partial charge in [-0.05, 0) is 101 Å². The summed E-state index contributed by atoms with van der Waals surface area (Å²) >= 11 is 0. The van der Waals surface area contributed by atoms with E-state index >= 15 is 0 Å². The van der Waals surface area contributed by atoms with Crippen LogP contribution in [0, 0.1) is 22.7 Å². The number of benzene rings is 7. The Hall–Kier alpha value is -6.88. The van der Waals surface area contributed by atoms with E-state index in [4.69, 9.17) is 0 Å². The molecule has 0 aliphatic carbocycles. The topological polar surface area (TPSA) is 57.4 Å². The lowest BCUT2D eigenvalue weighted by Gasteiger charge is -2.10.